The van der Waals surface area contributed by atoms with Gasteiger partial charge in [0.2, 0.25) is 0 Å². The Morgan fingerprint density at radius 3 is 2.50 bits per heavy atom. The molecule has 1 aliphatic rings. The van der Waals surface area contributed by atoms with E-state index in [4.69, 9.17) is 0 Å². The fourth-order valence-corrected chi connectivity index (χ4v) is 2.08. The molecule has 1 aliphatic carbocycles. The van der Waals surface area contributed by atoms with Crippen LogP contribution >= 0.6 is 0 Å². The Morgan fingerprint density at radius 2 is 1.89 bits per heavy atom. The van der Waals surface area contributed by atoms with Crippen molar-refractivity contribution in [2.75, 3.05) is 0 Å². The van der Waals surface area contributed by atoms with E-state index < -0.39 is 0 Å². The predicted octanol–water partition coefficient (Wildman–Crippen LogP) is 4.76. The van der Waals surface area contributed by atoms with E-state index in [0.717, 1.165) is 33.4 Å². The highest BCUT2D eigenvalue weighted by molar-refractivity contribution is 6.07. The van der Waals surface area contributed by atoms with Gasteiger partial charge in [0.05, 0.1) is 0 Å². The monoisotopic (exact) mass is 236 g/mol. The molecule has 0 heterocycles. The molecule has 18 heavy (non-hydrogen) atoms. The maximum atomic E-state index is 9.44. The van der Waals surface area contributed by atoms with Crippen molar-refractivity contribution in [3.8, 4) is 0 Å². The van der Waals surface area contributed by atoms with Crippen LogP contribution in [0, 0.1) is 0 Å². The summed E-state index contributed by atoms with van der Waals surface area (Å²) in [6.45, 7) is 13.6. The molecule has 0 spiro atoms. The van der Waals surface area contributed by atoms with Crippen molar-refractivity contribution >= 4 is 16.9 Å². The number of hydrogen-bond donors (Lipinski definition) is 1. The third-order valence-electron chi connectivity index (χ3n) is 3.11. The van der Waals surface area contributed by atoms with Gasteiger partial charge in [-0.05, 0) is 40.8 Å². The molecule has 0 fully saturated rings. The van der Waals surface area contributed by atoms with Gasteiger partial charge >= 0.3 is 0 Å². The molecule has 2 rings (SSSR count). The minimum absolute atomic E-state index is 0.0714. The summed E-state index contributed by atoms with van der Waals surface area (Å²) in [5.41, 5.74) is 5.77. The minimum atomic E-state index is 0.0714. The van der Waals surface area contributed by atoms with E-state index in [9.17, 15) is 5.11 Å². The molecule has 0 aromatic heterocycles. The highest BCUT2D eigenvalue weighted by Gasteiger charge is 2.23. The number of benzene rings is 1. The van der Waals surface area contributed by atoms with Crippen LogP contribution in [0.4, 0.5) is 0 Å². The summed E-state index contributed by atoms with van der Waals surface area (Å²) in [5.74, 6) is 0.0714. The quantitative estimate of drug-likeness (QED) is 0.734. The second kappa shape index (κ2) is 4.53. The molecule has 0 bridgehead atoms. The highest BCUT2D eigenvalue weighted by atomic mass is 16.3. The number of hydrogen-bond acceptors (Lipinski definition) is 1. The van der Waals surface area contributed by atoms with Crippen LogP contribution in [0.1, 0.15) is 23.6 Å². The van der Waals surface area contributed by atoms with Crippen LogP contribution in [-0.4, -0.2) is 5.11 Å². The van der Waals surface area contributed by atoms with Crippen LogP contribution in [0.5, 0.6) is 0 Å². The van der Waals surface area contributed by atoms with Crippen molar-refractivity contribution in [3.63, 3.8) is 0 Å². The number of fused-ring (bicyclic) bond motifs is 1. The summed E-state index contributed by atoms with van der Waals surface area (Å²) in [5, 5.41) is 9.44. The van der Waals surface area contributed by atoms with E-state index in [2.05, 4.69) is 19.7 Å². The summed E-state index contributed by atoms with van der Waals surface area (Å²) >= 11 is 0. The Balaban J connectivity index is 2.61. The smallest absolute Gasteiger partial charge is 0.115 e. The lowest BCUT2D eigenvalue weighted by molar-refractivity contribution is 0.514. The molecule has 1 N–H and O–H groups in total. The summed E-state index contributed by atoms with van der Waals surface area (Å²) in [6, 6.07) is 5.74. The first-order valence-electron chi connectivity index (χ1n) is 5.80. The van der Waals surface area contributed by atoms with Gasteiger partial charge < -0.3 is 5.11 Å². The summed E-state index contributed by atoms with van der Waals surface area (Å²) < 4.78 is 0. The number of rotatable bonds is 2. The maximum absolute atomic E-state index is 9.44. The third kappa shape index (κ3) is 1.84. The fraction of sp³-hybridized carbons (Fsp3) is 0.0588. The summed E-state index contributed by atoms with van der Waals surface area (Å²) in [4.78, 5) is 0. The van der Waals surface area contributed by atoms with Crippen molar-refractivity contribution in [1.29, 1.82) is 0 Å². The number of aliphatic hydroxyl groups excluding tert-OH is 1. The van der Waals surface area contributed by atoms with Gasteiger partial charge in [0.1, 0.15) is 5.76 Å². The summed E-state index contributed by atoms with van der Waals surface area (Å²) in [6.07, 6.45) is 6.00. The van der Waals surface area contributed by atoms with E-state index in [1.54, 1.807) is 0 Å². The van der Waals surface area contributed by atoms with Crippen molar-refractivity contribution in [1.82, 2.24) is 0 Å². The van der Waals surface area contributed by atoms with Gasteiger partial charge in [-0.25, -0.2) is 0 Å². The standard InChI is InChI=1S/C17H16O/c1-5-6-7-15-11(2)12(3)17-10-14(13(4)18)8-9-16(15)17/h5-10,18H,2-4H2,1H3/b6-5-,15-7+. The molecule has 0 atom stereocenters. The van der Waals surface area contributed by atoms with Gasteiger partial charge in [-0.1, -0.05) is 50.1 Å². The fourth-order valence-electron chi connectivity index (χ4n) is 2.08. The van der Waals surface area contributed by atoms with Crippen molar-refractivity contribution in [3.05, 3.63) is 78.4 Å². The second-order valence-electron chi connectivity index (χ2n) is 4.27. The zero-order chi connectivity index (χ0) is 13.3. The van der Waals surface area contributed by atoms with Crippen molar-refractivity contribution in [2.45, 2.75) is 6.92 Å². The average Bonchev–Trinajstić information content (AvgIpc) is 2.60. The first kappa shape index (κ1) is 12.2. The van der Waals surface area contributed by atoms with Crippen LogP contribution in [0.2, 0.25) is 0 Å². The molecule has 1 nitrogen and oxygen atoms in total. The minimum Gasteiger partial charge on any atom is -0.508 e. The van der Waals surface area contributed by atoms with Gasteiger partial charge in [-0.15, -0.1) is 0 Å². The lowest BCUT2D eigenvalue weighted by Crippen LogP contribution is -1.86. The van der Waals surface area contributed by atoms with Crippen LogP contribution in [0.3, 0.4) is 0 Å². The normalized spacial score (nSPS) is 16.6. The molecule has 0 saturated heterocycles. The van der Waals surface area contributed by atoms with E-state index in [1.807, 2.05) is 43.4 Å². The van der Waals surface area contributed by atoms with Gasteiger partial charge in [-0.3, -0.25) is 0 Å². The van der Waals surface area contributed by atoms with E-state index in [1.165, 1.54) is 0 Å². The van der Waals surface area contributed by atoms with Crippen molar-refractivity contribution < 1.29 is 5.11 Å². The third-order valence-corrected chi connectivity index (χ3v) is 3.11. The Morgan fingerprint density at radius 1 is 1.17 bits per heavy atom. The molecule has 0 saturated carbocycles. The number of aliphatic hydroxyl groups is 1. The Bertz CT molecular complexity index is 612. The maximum Gasteiger partial charge on any atom is 0.115 e. The van der Waals surface area contributed by atoms with E-state index in [0.29, 0.717) is 0 Å². The lowest BCUT2D eigenvalue weighted by atomic mass is 10.0. The van der Waals surface area contributed by atoms with E-state index >= 15 is 0 Å². The first-order chi connectivity index (χ1) is 8.56. The Kier molecular flexibility index (Phi) is 3.07. The topological polar surface area (TPSA) is 20.2 Å². The molecule has 1 heteroatoms. The zero-order valence-corrected chi connectivity index (χ0v) is 10.5. The van der Waals surface area contributed by atoms with E-state index in [-0.39, 0.29) is 5.76 Å². The molecular formula is C17H16O. The average molecular weight is 236 g/mol. The van der Waals surface area contributed by atoms with Crippen molar-refractivity contribution in [2.24, 2.45) is 0 Å². The second-order valence-corrected chi connectivity index (χ2v) is 4.27. The molecule has 0 unspecified atom stereocenters. The van der Waals surface area contributed by atoms with Gasteiger partial charge in [-0.2, -0.15) is 0 Å². The van der Waals surface area contributed by atoms with Crippen LogP contribution in [0.25, 0.3) is 16.9 Å². The molecule has 0 amide bonds. The highest BCUT2D eigenvalue weighted by Crippen LogP contribution is 2.43. The molecule has 1 aromatic rings. The molecule has 0 aliphatic heterocycles. The van der Waals surface area contributed by atoms with Gasteiger partial charge in [0, 0.05) is 5.56 Å². The molecule has 0 radical (unpaired) electrons. The Hall–Kier alpha value is -2.28. The number of allylic oxidation sites excluding steroid dienone is 6. The molecule has 90 valence electrons. The SMILES string of the molecule is C=C1C(=C)c2cc(C(=C)O)ccc2/C1=C/C=C\C. The first-order valence-corrected chi connectivity index (χ1v) is 5.80. The predicted molar refractivity (Wildman–Crippen MR) is 79.1 cm³/mol. The van der Waals surface area contributed by atoms with Crippen LogP contribution in [-0.2, 0) is 0 Å². The molecule has 1 aromatic carbocycles. The zero-order valence-electron chi connectivity index (χ0n) is 10.5. The summed E-state index contributed by atoms with van der Waals surface area (Å²) in [7, 11) is 0. The van der Waals surface area contributed by atoms with Gasteiger partial charge in [0.15, 0.2) is 0 Å². The van der Waals surface area contributed by atoms with Gasteiger partial charge in [0.25, 0.3) is 0 Å². The largest absolute Gasteiger partial charge is 0.508 e. The van der Waals surface area contributed by atoms with Crippen LogP contribution < -0.4 is 0 Å². The lowest BCUT2D eigenvalue weighted by Gasteiger charge is -2.03. The Labute approximate surface area is 108 Å². The van der Waals surface area contributed by atoms with Crippen LogP contribution in [0.15, 0.2) is 61.7 Å². The molecular weight excluding hydrogens is 220 g/mol.